The average Bonchev–Trinajstić information content (AvgIpc) is 3.41. The number of ether oxygens (including phenoxy) is 1. The van der Waals surface area contributed by atoms with Gasteiger partial charge in [0.2, 0.25) is 5.91 Å². The summed E-state index contributed by atoms with van der Waals surface area (Å²) in [4.78, 5) is 32.4. The van der Waals surface area contributed by atoms with Gasteiger partial charge in [0.25, 0.3) is 5.91 Å². The first kappa shape index (κ1) is 20.6. The highest BCUT2D eigenvalue weighted by atomic mass is 32.1. The van der Waals surface area contributed by atoms with Crippen LogP contribution in [0, 0.1) is 0 Å². The lowest BCUT2D eigenvalue weighted by atomic mass is 10.2. The highest BCUT2D eigenvalue weighted by molar-refractivity contribution is 7.14. The molecule has 1 aromatic heterocycles. The van der Waals surface area contributed by atoms with Crippen molar-refractivity contribution in [3.63, 3.8) is 0 Å². The van der Waals surface area contributed by atoms with Crippen molar-refractivity contribution in [2.75, 3.05) is 56.2 Å². The molecule has 9 heteroatoms. The van der Waals surface area contributed by atoms with Crippen LogP contribution in [0.5, 0.6) is 0 Å². The van der Waals surface area contributed by atoms with Gasteiger partial charge in [-0.25, -0.2) is 4.98 Å². The maximum atomic E-state index is 12.3. The van der Waals surface area contributed by atoms with Crippen molar-refractivity contribution in [1.82, 2.24) is 15.2 Å². The molecule has 2 aliphatic rings. The summed E-state index contributed by atoms with van der Waals surface area (Å²) in [5.41, 5.74) is 2.52. The number of nitrogens with one attached hydrogen (secondary N) is 2. The Labute approximate surface area is 180 Å². The molecule has 4 rings (SSSR count). The number of nitrogens with zero attached hydrogens (tertiary/aromatic N) is 3. The predicted molar refractivity (Wildman–Crippen MR) is 118 cm³/mol. The molecule has 8 nitrogen and oxygen atoms in total. The molecule has 0 atom stereocenters. The number of morpholine rings is 1. The van der Waals surface area contributed by atoms with Gasteiger partial charge in [-0.3, -0.25) is 9.59 Å². The molecular weight excluding hydrogens is 402 g/mol. The van der Waals surface area contributed by atoms with Crippen LogP contribution in [-0.4, -0.2) is 67.6 Å². The summed E-state index contributed by atoms with van der Waals surface area (Å²) >= 11 is 1.40. The number of thiazole rings is 1. The Morgan fingerprint density at radius 1 is 1.17 bits per heavy atom. The van der Waals surface area contributed by atoms with Gasteiger partial charge in [-0.1, -0.05) is 0 Å². The van der Waals surface area contributed by atoms with Crippen LogP contribution in [0.2, 0.25) is 0 Å². The normalized spacial score (nSPS) is 16.7. The Morgan fingerprint density at radius 2 is 1.97 bits per heavy atom. The number of carbonyl (C=O) groups is 2. The highest BCUT2D eigenvalue weighted by Crippen LogP contribution is 2.24. The van der Waals surface area contributed by atoms with E-state index in [1.165, 1.54) is 17.0 Å². The monoisotopic (exact) mass is 429 g/mol. The fourth-order valence-corrected chi connectivity index (χ4v) is 4.35. The average molecular weight is 430 g/mol. The molecule has 0 bridgehead atoms. The first-order valence-electron chi connectivity index (χ1n) is 10.4. The van der Waals surface area contributed by atoms with Gasteiger partial charge in [0, 0.05) is 55.9 Å². The molecule has 0 radical (unpaired) electrons. The zero-order chi connectivity index (χ0) is 20.8. The summed E-state index contributed by atoms with van der Waals surface area (Å²) in [6.45, 7) is 5.41. The second-order valence-electron chi connectivity index (χ2n) is 7.40. The van der Waals surface area contributed by atoms with Crippen LogP contribution in [0.1, 0.15) is 29.8 Å². The molecule has 0 unspecified atom stereocenters. The van der Waals surface area contributed by atoms with Gasteiger partial charge in [0.1, 0.15) is 5.69 Å². The van der Waals surface area contributed by atoms with Gasteiger partial charge >= 0.3 is 0 Å². The number of hydrogen-bond donors (Lipinski definition) is 2. The molecule has 30 heavy (non-hydrogen) atoms. The predicted octanol–water partition coefficient (Wildman–Crippen LogP) is 2.47. The van der Waals surface area contributed by atoms with Gasteiger partial charge in [-0.15, -0.1) is 11.3 Å². The third kappa shape index (κ3) is 5.28. The number of hydrogen-bond acceptors (Lipinski definition) is 7. The second kappa shape index (κ2) is 9.90. The lowest BCUT2D eigenvalue weighted by Crippen LogP contribution is -2.36. The minimum Gasteiger partial charge on any atom is -0.378 e. The Balaban J connectivity index is 1.23. The van der Waals surface area contributed by atoms with Gasteiger partial charge in [0.05, 0.1) is 13.2 Å². The summed E-state index contributed by atoms with van der Waals surface area (Å²) in [5.74, 6) is 0.0317. The fraction of sp³-hybridized carbons (Fsp3) is 0.476. The molecule has 0 saturated carbocycles. The van der Waals surface area contributed by atoms with Gasteiger partial charge in [-0.05, 0) is 37.1 Å². The highest BCUT2D eigenvalue weighted by Gasteiger charge is 2.19. The summed E-state index contributed by atoms with van der Waals surface area (Å²) in [5, 5.41) is 8.58. The van der Waals surface area contributed by atoms with E-state index in [-0.39, 0.29) is 11.8 Å². The molecule has 160 valence electrons. The molecule has 1 aromatic carbocycles. The summed E-state index contributed by atoms with van der Waals surface area (Å²) < 4.78 is 5.39. The molecule has 0 aliphatic carbocycles. The van der Waals surface area contributed by atoms with Crippen molar-refractivity contribution in [2.45, 2.75) is 19.3 Å². The maximum Gasteiger partial charge on any atom is 0.270 e. The van der Waals surface area contributed by atoms with Crippen molar-refractivity contribution in [3.8, 4) is 0 Å². The number of anilines is 3. The van der Waals surface area contributed by atoms with Crippen molar-refractivity contribution in [1.29, 1.82) is 0 Å². The Hall–Kier alpha value is -2.65. The smallest absolute Gasteiger partial charge is 0.270 e. The van der Waals surface area contributed by atoms with E-state index in [4.69, 9.17) is 4.74 Å². The van der Waals surface area contributed by atoms with Crippen LogP contribution in [0.15, 0.2) is 29.6 Å². The summed E-state index contributed by atoms with van der Waals surface area (Å²) in [6, 6.07) is 8.21. The topological polar surface area (TPSA) is 86.8 Å². The SMILES string of the molecule is O=C(NCCCN1CCCC1=O)c1csc(Nc2ccc(N3CCOCC3)cc2)n1. The zero-order valence-electron chi connectivity index (χ0n) is 16.9. The van der Waals surface area contributed by atoms with Crippen molar-refractivity contribution < 1.29 is 14.3 Å². The quantitative estimate of drug-likeness (QED) is 0.627. The Morgan fingerprint density at radius 3 is 2.70 bits per heavy atom. The van der Waals surface area contributed by atoms with Crippen LogP contribution in [-0.2, 0) is 9.53 Å². The van der Waals surface area contributed by atoms with Crippen molar-refractivity contribution in [2.24, 2.45) is 0 Å². The second-order valence-corrected chi connectivity index (χ2v) is 8.26. The Kier molecular flexibility index (Phi) is 6.81. The van der Waals surface area contributed by atoms with Gasteiger partial charge < -0.3 is 25.2 Å². The van der Waals surface area contributed by atoms with E-state index in [1.807, 2.05) is 17.0 Å². The zero-order valence-corrected chi connectivity index (χ0v) is 17.7. The number of likely N-dealkylation sites (tertiary alicyclic amines) is 1. The van der Waals surface area contributed by atoms with E-state index >= 15 is 0 Å². The van der Waals surface area contributed by atoms with E-state index in [1.54, 1.807) is 5.38 Å². The summed E-state index contributed by atoms with van der Waals surface area (Å²) in [7, 11) is 0. The Bertz CT molecular complexity index is 864. The maximum absolute atomic E-state index is 12.3. The van der Waals surface area contributed by atoms with Crippen molar-refractivity contribution >= 4 is 39.7 Å². The first-order valence-corrected chi connectivity index (χ1v) is 11.3. The molecular formula is C21H27N5O3S. The summed E-state index contributed by atoms with van der Waals surface area (Å²) in [6.07, 6.45) is 2.34. The molecule has 2 N–H and O–H groups in total. The van der Waals surface area contributed by atoms with Crippen LogP contribution < -0.4 is 15.5 Å². The minimum absolute atomic E-state index is 0.185. The molecule has 2 fully saturated rings. The number of benzene rings is 1. The lowest BCUT2D eigenvalue weighted by Gasteiger charge is -2.28. The third-order valence-electron chi connectivity index (χ3n) is 5.29. The molecule has 2 amide bonds. The first-order chi connectivity index (χ1) is 14.7. The fourth-order valence-electron chi connectivity index (χ4n) is 3.64. The molecule has 0 spiro atoms. The number of rotatable bonds is 8. The van der Waals surface area contributed by atoms with Crippen LogP contribution in [0.4, 0.5) is 16.5 Å². The molecule has 2 aliphatic heterocycles. The largest absolute Gasteiger partial charge is 0.378 e. The van der Waals surface area contributed by atoms with Gasteiger partial charge in [-0.2, -0.15) is 0 Å². The number of amides is 2. The van der Waals surface area contributed by atoms with Crippen LogP contribution >= 0.6 is 11.3 Å². The van der Waals surface area contributed by atoms with Crippen LogP contribution in [0.25, 0.3) is 0 Å². The van der Waals surface area contributed by atoms with E-state index in [9.17, 15) is 9.59 Å². The molecule has 2 aromatic rings. The van der Waals surface area contributed by atoms with E-state index in [0.29, 0.717) is 30.3 Å². The lowest BCUT2D eigenvalue weighted by molar-refractivity contribution is -0.127. The van der Waals surface area contributed by atoms with E-state index < -0.39 is 0 Å². The van der Waals surface area contributed by atoms with E-state index in [2.05, 4.69) is 32.7 Å². The standard InChI is InChI=1S/C21H27N5O3S/c27-19-3-1-9-26(19)10-2-8-22-20(28)18-15-30-21(24-18)23-16-4-6-17(7-5-16)25-11-13-29-14-12-25/h4-7,15H,1-3,8-14H2,(H,22,28)(H,23,24). The van der Waals surface area contributed by atoms with Crippen LogP contribution in [0.3, 0.4) is 0 Å². The van der Waals surface area contributed by atoms with E-state index in [0.717, 1.165) is 51.4 Å². The number of aromatic nitrogens is 1. The van der Waals surface area contributed by atoms with Gasteiger partial charge in [0.15, 0.2) is 5.13 Å². The van der Waals surface area contributed by atoms with Crippen molar-refractivity contribution in [3.05, 3.63) is 35.3 Å². The number of carbonyl (C=O) groups excluding carboxylic acids is 2. The molecule has 2 saturated heterocycles. The molecule has 3 heterocycles. The minimum atomic E-state index is -0.185. The third-order valence-corrected chi connectivity index (χ3v) is 6.05.